The SMILES string of the molecule is Cc1nc2c(cc(O[C@H]3CCNC3)c3ccsc32)s1. The van der Waals surface area contributed by atoms with Crippen molar-refractivity contribution in [2.75, 3.05) is 13.1 Å². The summed E-state index contributed by atoms with van der Waals surface area (Å²) in [6.45, 7) is 4.07. The molecule has 0 amide bonds. The van der Waals surface area contributed by atoms with Crippen molar-refractivity contribution in [2.45, 2.75) is 19.4 Å². The van der Waals surface area contributed by atoms with E-state index >= 15 is 0 Å². The van der Waals surface area contributed by atoms with Crippen LogP contribution in [-0.4, -0.2) is 24.2 Å². The van der Waals surface area contributed by atoms with Crippen LogP contribution in [0.3, 0.4) is 0 Å². The molecular weight excluding hydrogens is 276 g/mol. The predicted molar refractivity (Wildman–Crippen MR) is 81.6 cm³/mol. The third kappa shape index (κ3) is 1.93. The third-order valence-electron chi connectivity index (χ3n) is 3.48. The summed E-state index contributed by atoms with van der Waals surface area (Å²) in [6.07, 6.45) is 1.39. The summed E-state index contributed by atoms with van der Waals surface area (Å²) in [7, 11) is 0. The van der Waals surface area contributed by atoms with Crippen LogP contribution >= 0.6 is 22.7 Å². The summed E-state index contributed by atoms with van der Waals surface area (Å²) in [5, 5.41) is 7.79. The zero-order valence-corrected chi connectivity index (χ0v) is 12.2. The van der Waals surface area contributed by atoms with E-state index in [4.69, 9.17) is 4.74 Å². The molecule has 1 N–H and O–H groups in total. The van der Waals surface area contributed by atoms with Gasteiger partial charge in [0.25, 0.3) is 0 Å². The highest BCUT2D eigenvalue weighted by atomic mass is 32.1. The van der Waals surface area contributed by atoms with Gasteiger partial charge in [-0.2, -0.15) is 0 Å². The van der Waals surface area contributed by atoms with Crippen molar-refractivity contribution < 1.29 is 4.74 Å². The molecule has 3 heterocycles. The molecule has 1 atom stereocenters. The Kier molecular flexibility index (Phi) is 2.72. The first-order valence-electron chi connectivity index (χ1n) is 6.46. The van der Waals surface area contributed by atoms with Gasteiger partial charge in [-0.3, -0.25) is 0 Å². The highest BCUT2D eigenvalue weighted by Gasteiger charge is 2.19. The molecule has 1 aromatic carbocycles. The average molecular weight is 290 g/mol. The number of aryl methyl sites for hydroxylation is 1. The number of rotatable bonds is 2. The van der Waals surface area contributed by atoms with E-state index < -0.39 is 0 Å². The number of aromatic nitrogens is 1. The number of nitrogens with zero attached hydrogens (tertiary/aromatic N) is 1. The van der Waals surface area contributed by atoms with E-state index in [0.29, 0.717) is 6.10 Å². The molecular formula is C14H14N2OS2. The molecule has 0 spiro atoms. The summed E-state index contributed by atoms with van der Waals surface area (Å²) in [4.78, 5) is 4.65. The van der Waals surface area contributed by atoms with E-state index in [2.05, 4.69) is 34.7 Å². The minimum Gasteiger partial charge on any atom is -0.488 e. The van der Waals surface area contributed by atoms with Gasteiger partial charge in [0.15, 0.2) is 0 Å². The molecule has 0 aliphatic carbocycles. The molecule has 3 aromatic rings. The van der Waals surface area contributed by atoms with Crippen LogP contribution in [0.2, 0.25) is 0 Å². The first-order valence-corrected chi connectivity index (χ1v) is 8.15. The maximum atomic E-state index is 6.19. The van der Waals surface area contributed by atoms with Crippen molar-refractivity contribution in [1.82, 2.24) is 10.3 Å². The Balaban J connectivity index is 1.88. The number of fused-ring (bicyclic) bond motifs is 3. The first-order chi connectivity index (χ1) is 9.31. The first kappa shape index (κ1) is 11.6. The second kappa shape index (κ2) is 4.44. The zero-order chi connectivity index (χ0) is 12.8. The maximum Gasteiger partial charge on any atom is 0.130 e. The summed E-state index contributed by atoms with van der Waals surface area (Å²) in [6, 6.07) is 4.30. The van der Waals surface area contributed by atoms with E-state index in [1.165, 1.54) is 14.8 Å². The van der Waals surface area contributed by atoms with Gasteiger partial charge in [-0.15, -0.1) is 22.7 Å². The topological polar surface area (TPSA) is 34.1 Å². The van der Waals surface area contributed by atoms with Gasteiger partial charge in [0.2, 0.25) is 0 Å². The average Bonchev–Trinajstić information content (AvgIpc) is 3.07. The Morgan fingerprint density at radius 2 is 2.42 bits per heavy atom. The fourth-order valence-corrected chi connectivity index (χ4v) is 4.43. The van der Waals surface area contributed by atoms with Crippen LogP contribution in [0.15, 0.2) is 17.5 Å². The maximum absolute atomic E-state index is 6.19. The molecule has 98 valence electrons. The van der Waals surface area contributed by atoms with E-state index in [0.717, 1.165) is 35.8 Å². The molecule has 5 heteroatoms. The molecule has 0 saturated carbocycles. The molecule has 4 rings (SSSR count). The highest BCUT2D eigenvalue weighted by Crippen LogP contribution is 2.39. The molecule has 1 aliphatic rings. The van der Waals surface area contributed by atoms with Crippen LogP contribution in [0.5, 0.6) is 5.75 Å². The summed E-state index contributed by atoms with van der Waals surface area (Å²) >= 11 is 3.49. The van der Waals surface area contributed by atoms with E-state index in [1.807, 2.05) is 0 Å². The Morgan fingerprint density at radius 3 is 3.26 bits per heavy atom. The molecule has 3 nitrogen and oxygen atoms in total. The van der Waals surface area contributed by atoms with Gasteiger partial charge in [-0.1, -0.05) is 0 Å². The van der Waals surface area contributed by atoms with Gasteiger partial charge in [-0.05, 0) is 31.3 Å². The molecule has 0 bridgehead atoms. The van der Waals surface area contributed by atoms with Crippen molar-refractivity contribution in [3.8, 4) is 5.75 Å². The summed E-state index contributed by atoms with van der Waals surface area (Å²) in [5.74, 6) is 1.01. The van der Waals surface area contributed by atoms with Crippen LogP contribution in [0.1, 0.15) is 11.4 Å². The number of hydrogen-bond donors (Lipinski definition) is 1. The van der Waals surface area contributed by atoms with Crippen molar-refractivity contribution in [2.24, 2.45) is 0 Å². The van der Waals surface area contributed by atoms with Crippen molar-refractivity contribution in [3.05, 3.63) is 22.5 Å². The molecule has 1 saturated heterocycles. The highest BCUT2D eigenvalue weighted by molar-refractivity contribution is 7.21. The van der Waals surface area contributed by atoms with Crippen molar-refractivity contribution in [1.29, 1.82) is 0 Å². The van der Waals surface area contributed by atoms with E-state index in [-0.39, 0.29) is 0 Å². The summed E-state index contributed by atoms with van der Waals surface area (Å²) in [5.41, 5.74) is 1.13. The zero-order valence-electron chi connectivity index (χ0n) is 10.6. The number of thiazole rings is 1. The second-order valence-corrected chi connectivity index (χ2v) is 7.00. The normalized spacial score (nSPS) is 19.5. The lowest BCUT2D eigenvalue weighted by molar-refractivity contribution is 0.226. The number of thiophene rings is 1. The number of ether oxygens (including phenoxy) is 1. The molecule has 1 aliphatic heterocycles. The fraction of sp³-hybridized carbons (Fsp3) is 0.357. The molecule has 0 unspecified atom stereocenters. The monoisotopic (exact) mass is 290 g/mol. The van der Waals surface area contributed by atoms with Gasteiger partial charge in [0.1, 0.15) is 11.9 Å². The van der Waals surface area contributed by atoms with Gasteiger partial charge >= 0.3 is 0 Å². The smallest absolute Gasteiger partial charge is 0.130 e. The minimum atomic E-state index is 0.301. The largest absolute Gasteiger partial charge is 0.488 e. The van der Waals surface area contributed by atoms with Crippen LogP contribution in [0.4, 0.5) is 0 Å². The van der Waals surface area contributed by atoms with Crippen LogP contribution in [0.25, 0.3) is 20.3 Å². The Bertz CT molecular complexity index is 740. The van der Waals surface area contributed by atoms with Crippen LogP contribution < -0.4 is 10.1 Å². The van der Waals surface area contributed by atoms with Gasteiger partial charge in [-0.25, -0.2) is 4.98 Å². The lowest BCUT2D eigenvalue weighted by atomic mass is 10.2. The van der Waals surface area contributed by atoms with Crippen LogP contribution in [-0.2, 0) is 0 Å². The van der Waals surface area contributed by atoms with Gasteiger partial charge in [0.05, 0.1) is 19.9 Å². The standard InChI is InChI=1S/C14H14N2OS2/c1-8-16-13-12(19-8)6-11(10-3-5-18-14(10)13)17-9-2-4-15-7-9/h3,5-6,9,15H,2,4,7H2,1H3/t9-/m0/s1. The number of benzene rings is 1. The number of nitrogens with one attached hydrogen (secondary N) is 1. The van der Waals surface area contributed by atoms with E-state index in [1.54, 1.807) is 22.7 Å². The Morgan fingerprint density at radius 1 is 1.47 bits per heavy atom. The molecule has 2 aromatic heterocycles. The molecule has 19 heavy (non-hydrogen) atoms. The molecule has 0 radical (unpaired) electrons. The Hall–Kier alpha value is -1.17. The van der Waals surface area contributed by atoms with Crippen LogP contribution in [0, 0.1) is 6.92 Å². The quantitative estimate of drug-likeness (QED) is 0.783. The summed E-state index contributed by atoms with van der Waals surface area (Å²) < 4.78 is 8.67. The lowest BCUT2D eigenvalue weighted by Gasteiger charge is -2.13. The number of hydrogen-bond acceptors (Lipinski definition) is 5. The van der Waals surface area contributed by atoms with Crippen molar-refractivity contribution >= 4 is 43.0 Å². The Labute approximate surface area is 119 Å². The minimum absolute atomic E-state index is 0.301. The second-order valence-electron chi connectivity index (χ2n) is 4.85. The predicted octanol–water partition coefficient (Wildman–Crippen LogP) is 3.56. The lowest BCUT2D eigenvalue weighted by Crippen LogP contribution is -2.19. The van der Waals surface area contributed by atoms with Gasteiger partial charge < -0.3 is 10.1 Å². The fourth-order valence-electron chi connectivity index (χ4n) is 2.59. The third-order valence-corrected chi connectivity index (χ3v) is 5.32. The van der Waals surface area contributed by atoms with E-state index in [9.17, 15) is 0 Å². The van der Waals surface area contributed by atoms with Crippen molar-refractivity contribution in [3.63, 3.8) is 0 Å². The van der Waals surface area contributed by atoms with Gasteiger partial charge in [0, 0.05) is 18.0 Å². The molecule has 1 fully saturated rings.